The van der Waals surface area contributed by atoms with Gasteiger partial charge in [0, 0.05) is 6.54 Å². The second-order valence-corrected chi connectivity index (χ2v) is 5.14. The summed E-state index contributed by atoms with van der Waals surface area (Å²) in [6.07, 6.45) is 0. The quantitative estimate of drug-likeness (QED) is 0.800. The Labute approximate surface area is 119 Å². The van der Waals surface area contributed by atoms with E-state index in [1.165, 1.54) is 17.4 Å². The van der Waals surface area contributed by atoms with Crippen LogP contribution in [0.15, 0.2) is 35.7 Å². The van der Waals surface area contributed by atoms with Crippen molar-refractivity contribution in [1.29, 1.82) is 0 Å². The minimum Gasteiger partial charge on any atom is -0.368 e. The summed E-state index contributed by atoms with van der Waals surface area (Å²) in [5.41, 5.74) is 6.24. The first-order chi connectivity index (χ1) is 9.70. The fraction of sp³-hybridized carbons (Fsp3) is 0.143. The number of para-hydroxylation sites is 1. The molecule has 0 aliphatic rings. The lowest BCUT2D eigenvalue weighted by Gasteiger charge is -2.23. The number of benzene rings is 1. The minimum absolute atomic E-state index is 0.199. The molecule has 0 spiro atoms. The molecule has 0 saturated heterocycles. The number of thiophene rings is 1. The Balaban J connectivity index is 2.22. The molecule has 6 heteroatoms. The van der Waals surface area contributed by atoms with Crippen LogP contribution in [-0.4, -0.2) is 16.5 Å². The molecule has 0 aliphatic carbocycles. The van der Waals surface area contributed by atoms with Gasteiger partial charge in [0.25, 0.3) is 0 Å². The van der Waals surface area contributed by atoms with Crippen LogP contribution in [0.25, 0.3) is 10.2 Å². The maximum Gasteiger partial charge on any atom is 0.223 e. The van der Waals surface area contributed by atoms with Crippen molar-refractivity contribution >= 4 is 39.0 Å². The average molecular weight is 288 g/mol. The zero-order valence-corrected chi connectivity index (χ0v) is 11.7. The van der Waals surface area contributed by atoms with E-state index in [9.17, 15) is 4.39 Å². The standard InChI is InChI=1S/C14H13FN4S/c1-2-19(11-6-4-3-5-10(11)15)12-9-7-8-20-13(9)18-14(16)17-12/h3-8H,2H2,1H3,(H2,16,17,18). The van der Waals surface area contributed by atoms with Crippen LogP contribution in [0.3, 0.4) is 0 Å². The number of anilines is 3. The van der Waals surface area contributed by atoms with Gasteiger partial charge >= 0.3 is 0 Å². The molecular formula is C14H13FN4S. The Bertz CT molecular complexity index is 756. The highest BCUT2D eigenvalue weighted by atomic mass is 32.1. The van der Waals surface area contributed by atoms with E-state index in [0.717, 1.165) is 10.2 Å². The van der Waals surface area contributed by atoms with Gasteiger partial charge < -0.3 is 10.6 Å². The summed E-state index contributed by atoms with van der Waals surface area (Å²) in [7, 11) is 0. The van der Waals surface area contributed by atoms with Crippen molar-refractivity contribution in [3.05, 3.63) is 41.5 Å². The van der Waals surface area contributed by atoms with E-state index in [2.05, 4.69) is 9.97 Å². The molecule has 2 N–H and O–H groups in total. The average Bonchev–Trinajstić information content (AvgIpc) is 2.89. The highest BCUT2D eigenvalue weighted by Crippen LogP contribution is 2.33. The summed E-state index contributed by atoms with van der Waals surface area (Å²) in [6, 6.07) is 8.57. The van der Waals surface area contributed by atoms with Crippen LogP contribution in [0.5, 0.6) is 0 Å². The first-order valence-corrected chi connectivity index (χ1v) is 7.11. The lowest BCUT2D eigenvalue weighted by atomic mass is 10.2. The summed E-state index contributed by atoms with van der Waals surface area (Å²) >= 11 is 1.49. The normalized spacial score (nSPS) is 10.9. The highest BCUT2D eigenvalue weighted by Gasteiger charge is 2.17. The van der Waals surface area contributed by atoms with Gasteiger partial charge in [-0.2, -0.15) is 4.98 Å². The summed E-state index contributed by atoms with van der Waals surface area (Å²) in [6.45, 7) is 2.53. The number of rotatable bonds is 3. The van der Waals surface area contributed by atoms with Gasteiger partial charge in [-0.3, -0.25) is 0 Å². The number of nitrogens with zero attached hydrogens (tertiary/aromatic N) is 3. The van der Waals surface area contributed by atoms with E-state index < -0.39 is 0 Å². The summed E-state index contributed by atoms with van der Waals surface area (Å²) in [4.78, 5) is 11.1. The molecule has 0 amide bonds. The van der Waals surface area contributed by atoms with Gasteiger partial charge in [0.1, 0.15) is 16.5 Å². The molecule has 4 nitrogen and oxygen atoms in total. The van der Waals surface area contributed by atoms with Gasteiger partial charge in [-0.05, 0) is 30.5 Å². The van der Waals surface area contributed by atoms with Gasteiger partial charge in [0.15, 0.2) is 0 Å². The third kappa shape index (κ3) is 2.08. The summed E-state index contributed by atoms with van der Waals surface area (Å²) < 4.78 is 14.0. The predicted molar refractivity (Wildman–Crippen MR) is 80.9 cm³/mol. The Hall–Kier alpha value is -2.21. The van der Waals surface area contributed by atoms with Crippen molar-refractivity contribution in [2.24, 2.45) is 0 Å². The third-order valence-corrected chi connectivity index (χ3v) is 3.84. The monoisotopic (exact) mass is 288 g/mol. The van der Waals surface area contributed by atoms with Gasteiger partial charge in [0.2, 0.25) is 5.95 Å². The van der Waals surface area contributed by atoms with Crippen LogP contribution in [-0.2, 0) is 0 Å². The van der Waals surface area contributed by atoms with E-state index >= 15 is 0 Å². The molecule has 20 heavy (non-hydrogen) atoms. The Kier molecular flexibility index (Phi) is 3.23. The van der Waals surface area contributed by atoms with Gasteiger partial charge in [-0.25, -0.2) is 9.37 Å². The van der Waals surface area contributed by atoms with Crippen molar-refractivity contribution in [1.82, 2.24) is 9.97 Å². The Morgan fingerprint density at radius 1 is 1.25 bits per heavy atom. The van der Waals surface area contributed by atoms with E-state index in [0.29, 0.717) is 18.1 Å². The lowest BCUT2D eigenvalue weighted by molar-refractivity contribution is 0.625. The van der Waals surface area contributed by atoms with Crippen LogP contribution in [0.2, 0.25) is 0 Å². The SMILES string of the molecule is CCN(c1ccccc1F)c1nc(N)nc2sccc12. The lowest BCUT2D eigenvalue weighted by Crippen LogP contribution is -2.19. The Morgan fingerprint density at radius 3 is 2.80 bits per heavy atom. The molecule has 0 fully saturated rings. The third-order valence-electron chi connectivity index (χ3n) is 3.04. The van der Waals surface area contributed by atoms with Gasteiger partial charge in [-0.1, -0.05) is 12.1 Å². The molecule has 3 aromatic rings. The topological polar surface area (TPSA) is 55.0 Å². The van der Waals surface area contributed by atoms with Crippen molar-refractivity contribution < 1.29 is 4.39 Å². The van der Waals surface area contributed by atoms with E-state index in [4.69, 9.17) is 5.73 Å². The van der Waals surface area contributed by atoms with Crippen LogP contribution >= 0.6 is 11.3 Å². The minimum atomic E-state index is -0.282. The highest BCUT2D eigenvalue weighted by molar-refractivity contribution is 7.16. The number of hydrogen-bond donors (Lipinski definition) is 1. The zero-order chi connectivity index (χ0) is 14.1. The van der Waals surface area contributed by atoms with Gasteiger partial charge in [0.05, 0.1) is 11.1 Å². The number of nitrogens with two attached hydrogens (primary N) is 1. The maximum atomic E-state index is 14.0. The number of nitrogen functional groups attached to an aromatic ring is 1. The molecule has 0 unspecified atom stereocenters. The van der Waals surface area contributed by atoms with Crippen LogP contribution in [0, 0.1) is 5.82 Å². The second kappa shape index (κ2) is 5.05. The molecule has 3 rings (SSSR count). The van der Waals surface area contributed by atoms with Crippen molar-refractivity contribution in [2.45, 2.75) is 6.92 Å². The zero-order valence-electron chi connectivity index (χ0n) is 10.9. The van der Waals surface area contributed by atoms with E-state index in [1.54, 1.807) is 18.2 Å². The first kappa shape index (κ1) is 12.8. The fourth-order valence-corrected chi connectivity index (χ4v) is 2.93. The molecule has 0 bridgehead atoms. The molecule has 1 aromatic carbocycles. The van der Waals surface area contributed by atoms with Crippen molar-refractivity contribution in [3.8, 4) is 0 Å². The smallest absolute Gasteiger partial charge is 0.223 e. The maximum absolute atomic E-state index is 14.0. The van der Waals surface area contributed by atoms with Crippen molar-refractivity contribution in [3.63, 3.8) is 0 Å². The van der Waals surface area contributed by atoms with E-state index in [1.807, 2.05) is 23.3 Å². The first-order valence-electron chi connectivity index (χ1n) is 6.23. The molecule has 2 aromatic heterocycles. The summed E-state index contributed by atoms with van der Waals surface area (Å²) in [5, 5.41) is 2.81. The second-order valence-electron chi connectivity index (χ2n) is 4.24. The fourth-order valence-electron chi connectivity index (χ4n) is 2.17. The van der Waals surface area contributed by atoms with Crippen molar-refractivity contribution in [2.75, 3.05) is 17.2 Å². The molecule has 0 radical (unpaired) electrons. The Morgan fingerprint density at radius 2 is 2.05 bits per heavy atom. The largest absolute Gasteiger partial charge is 0.368 e. The molecule has 102 valence electrons. The van der Waals surface area contributed by atoms with Crippen LogP contribution in [0.1, 0.15) is 6.92 Å². The molecule has 0 atom stereocenters. The van der Waals surface area contributed by atoms with Crippen LogP contribution in [0.4, 0.5) is 21.8 Å². The predicted octanol–water partition coefficient (Wildman–Crippen LogP) is 3.57. The molecule has 2 heterocycles. The summed E-state index contributed by atoms with van der Waals surface area (Å²) in [5.74, 6) is 0.556. The molecular weight excluding hydrogens is 275 g/mol. The number of hydrogen-bond acceptors (Lipinski definition) is 5. The number of fused-ring (bicyclic) bond motifs is 1. The number of aromatic nitrogens is 2. The van der Waals surface area contributed by atoms with Crippen LogP contribution < -0.4 is 10.6 Å². The molecule has 0 saturated carbocycles. The molecule has 0 aliphatic heterocycles. The van der Waals surface area contributed by atoms with Gasteiger partial charge in [-0.15, -0.1) is 11.3 Å². The van der Waals surface area contributed by atoms with E-state index in [-0.39, 0.29) is 11.8 Å². The number of halogens is 1.